The van der Waals surface area contributed by atoms with Gasteiger partial charge in [-0.15, -0.1) is 0 Å². The van der Waals surface area contributed by atoms with Crippen LogP contribution in [0.15, 0.2) is 0 Å². The third kappa shape index (κ3) is 1.76. The lowest BCUT2D eigenvalue weighted by Gasteiger charge is -2.35. The van der Waals surface area contributed by atoms with Crippen LogP contribution in [0, 0.1) is 0 Å². The molecule has 0 bridgehead atoms. The maximum Gasteiger partial charge on any atom is 0.248 e. The predicted octanol–water partition coefficient (Wildman–Crippen LogP) is -0.506. The molecule has 0 heterocycles. The van der Waals surface area contributed by atoms with Gasteiger partial charge in [0.25, 0.3) is 0 Å². The second-order valence-electron chi connectivity index (χ2n) is 3.60. The van der Waals surface area contributed by atoms with Gasteiger partial charge in [-0.3, -0.25) is 4.79 Å². The topological polar surface area (TPSA) is 89.3 Å². The molecule has 1 saturated carbocycles. The molecule has 0 saturated heterocycles. The van der Waals surface area contributed by atoms with Gasteiger partial charge in [-0.05, 0) is 12.8 Å². The molecule has 4 heteroatoms. The zero-order valence-electron chi connectivity index (χ0n) is 7.12. The molecule has 0 aromatic heterocycles. The number of carbonyl (C=O) groups excluding carboxylic acids is 1. The number of aliphatic hydroxyl groups excluding tert-OH is 1. The van der Waals surface area contributed by atoms with E-state index in [1.807, 2.05) is 0 Å². The SMILES string of the molecule is NC(=O)C(O)C1(N)CCCCC1. The van der Waals surface area contributed by atoms with Gasteiger partial charge in [0.1, 0.15) is 6.10 Å². The molecule has 1 rings (SSSR count). The summed E-state index contributed by atoms with van der Waals surface area (Å²) in [5.74, 6) is -0.709. The second kappa shape index (κ2) is 3.41. The first-order chi connectivity index (χ1) is 5.56. The van der Waals surface area contributed by atoms with E-state index >= 15 is 0 Å². The second-order valence-corrected chi connectivity index (χ2v) is 3.60. The maximum atomic E-state index is 10.7. The number of hydrogen-bond acceptors (Lipinski definition) is 3. The third-order valence-electron chi connectivity index (χ3n) is 2.60. The molecule has 0 aromatic rings. The molecule has 70 valence electrons. The van der Waals surface area contributed by atoms with Gasteiger partial charge in [-0.25, -0.2) is 0 Å². The molecule has 1 atom stereocenters. The minimum atomic E-state index is -1.18. The first-order valence-electron chi connectivity index (χ1n) is 4.32. The zero-order valence-corrected chi connectivity index (χ0v) is 7.12. The summed E-state index contributed by atoms with van der Waals surface area (Å²) >= 11 is 0. The molecule has 5 N–H and O–H groups in total. The van der Waals surface area contributed by atoms with Crippen LogP contribution in [0.2, 0.25) is 0 Å². The first-order valence-corrected chi connectivity index (χ1v) is 4.32. The van der Waals surface area contributed by atoms with Crippen molar-refractivity contribution in [3.63, 3.8) is 0 Å². The van der Waals surface area contributed by atoms with E-state index < -0.39 is 17.6 Å². The Balaban J connectivity index is 2.62. The lowest BCUT2D eigenvalue weighted by Crippen LogP contribution is -2.57. The van der Waals surface area contributed by atoms with Crippen LogP contribution < -0.4 is 11.5 Å². The van der Waals surface area contributed by atoms with Crippen molar-refractivity contribution in [2.24, 2.45) is 11.5 Å². The number of nitrogens with two attached hydrogens (primary N) is 2. The quantitative estimate of drug-likeness (QED) is 0.524. The number of aliphatic hydroxyl groups is 1. The molecule has 1 aliphatic carbocycles. The molecule has 4 nitrogen and oxygen atoms in total. The Morgan fingerprint density at radius 1 is 1.33 bits per heavy atom. The Labute approximate surface area is 71.9 Å². The number of hydrogen-bond donors (Lipinski definition) is 3. The Kier molecular flexibility index (Phi) is 2.69. The van der Waals surface area contributed by atoms with Gasteiger partial charge >= 0.3 is 0 Å². The highest BCUT2D eigenvalue weighted by atomic mass is 16.3. The molecule has 1 amide bonds. The van der Waals surface area contributed by atoms with Crippen molar-refractivity contribution in [1.82, 2.24) is 0 Å². The van der Waals surface area contributed by atoms with Crippen LogP contribution in [-0.4, -0.2) is 22.7 Å². The molecule has 12 heavy (non-hydrogen) atoms. The van der Waals surface area contributed by atoms with Gasteiger partial charge in [-0.2, -0.15) is 0 Å². The average Bonchev–Trinajstić information content (AvgIpc) is 2.04. The van der Waals surface area contributed by atoms with Gasteiger partial charge in [0.05, 0.1) is 5.54 Å². The Bertz CT molecular complexity index is 176. The minimum Gasteiger partial charge on any atom is -0.381 e. The summed E-state index contributed by atoms with van der Waals surface area (Å²) < 4.78 is 0. The fraction of sp³-hybridized carbons (Fsp3) is 0.875. The minimum absolute atomic E-state index is 0.692. The van der Waals surface area contributed by atoms with Gasteiger partial charge in [0.2, 0.25) is 5.91 Å². The molecule has 0 aliphatic heterocycles. The van der Waals surface area contributed by atoms with E-state index in [1.165, 1.54) is 0 Å². The van der Waals surface area contributed by atoms with Crippen molar-refractivity contribution >= 4 is 5.91 Å². The molecule has 0 aromatic carbocycles. The number of rotatable bonds is 2. The lowest BCUT2D eigenvalue weighted by atomic mass is 9.78. The summed E-state index contributed by atoms with van der Waals surface area (Å²) in [7, 11) is 0. The van der Waals surface area contributed by atoms with E-state index in [9.17, 15) is 9.90 Å². The fourth-order valence-corrected chi connectivity index (χ4v) is 1.77. The molecular formula is C8H16N2O2. The molecular weight excluding hydrogens is 156 g/mol. The van der Waals surface area contributed by atoms with Crippen LogP contribution in [0.25, 0.3) is 0 Å². The summed E-state index contributed by atoms with van der Waals surface area (Å²) in [6, 6.07) is 0. The van der Waals surface area contributed by atoms with Crippen molar-refractivity contribution in [2.75, 3.05) is 0 Å². The summed E-state index contributed by atoms with van der Waals surface area (Å²) in [6.07, 6.45) is 3.28. The molecule has 0 radical (unpaired) electrons. The van der Waals surface area contributed by atoms with Gasteiger partial charge < -0.3 is 16.6 Å². The Hall–Kier alpha value is -0.610. The molecule has 1 aliphatic rings. The van der Waals surface area contributed by atoms with E-state index in [0.717, 1.165) is 19.3 Å². The van der Waals surface area contributed by atoms with Crippen LogP contribution in [-0.2, 0) is 4.79 Å². The molecule has 1 fully saturated rings. The fourth-order valence-electron chi connectivity index (χ4n) is 1.77. The van der Waals surface area contributed by atoms with Gasteiger partial charge in [0, 0.05) is 0 Å². The number of primary amides is 1. The molecule has 0 spiro atoms. The van der Waals surface area contributed by atoms with Gasteiger partial charge in [0.15, 0.2) is 0 Å². The summed E-state index contributed by atoms with van der Waals surface area (Å²) in [6.45, 7) is 0. The standard InChI is InChI=1S/C8H16N2O2/c9-7(12)6(11)8(10)4-2-1-3-5-8/h6,11H,1-5,10H2,(H2,9,12). The lowest BCUT2D eigenvalue weighted by molar-refractivity contribution is -0.130. The van der Waals surface area contributed by atoms with Crippen molar-refractivity contribution in [3.8, 4) is 0 Å². The van der Waals surface area contributed by atoms with Crippen LogP contribution in [0.1, 0.15) is 32.1 Å². The number of amides is 1. The summed E-state index contributed by atoms with van der Waals surface area (Å²) in [5.41, 5.74) is 10.1. The Morgan fingerprint density at radius 2 is 1.83 bits per heavy atom. The highest BCUT2D eigenvalue weighted by Crippen LogP contribution is 2.28. The highest BCUT2D eigenvalue weighted by Gasteiger charge is 2.38. The van der Waals surface area contributed by atoms with Crippen LogP contribution in [0.3, 0.4) is 0 Å². The van der Waals surface area contributed by atoms with Gasteiger partial charge in [-0.1, -0.05) is 19.3 Å². The number of carbonyl (C=O) groups is 1. The molecule has 1 unspecified atom stereocenters. The van der Waals surface area contributed by atoms with Crippen LogP contribution in [0.4, 0.5) is 0 Å². The van der Waals surface area contributed by atoms with Crippen LogP contribution in [0.5, 0.6) is 0 Å². The van der Waals surface area contributed by atoms with Crippen LogP contribution >= 0.6 is 0 Å². The van der Waals surface area contributed by atoms with E-state index in [0.29, 0.717) is 12.8 Å². The van der Waals surface area contributed by atoms with Crippen molar-refractivity contribution in [3.05, 3.63) is 0 Å². The predicted molar refractivity (Wildman–Crippen MR) is 45.2 cm³/mol. The Morgan fingerprint density at radius 3 is 2.25 bits per heavy atom. The maximum absolute atomic E-state index is 10.7. The highest BCUT2D eigenvalue weighted by molar-refractivity contribution is 5.80. The van der Waals surface area contributed by atoms with E-state index in [4.69, 9.17) is 11.5 Å². The smallest absolute Gasteiger partial charge is 0.248 e. The normalized spacial score (nSPS) is 24.8. The van der Waals surface area contributed by atoms with Crippen molar-refractivity contribution in [2.45, 2.75) is 43.7 Å². The zero-order chi connectivity index (χ0) is 9.19. The first kappa shape index (κ1) is 9.48. The van der Waals surface area contributed by atoms with E-state index in [1.54, 1.807) is 0 Å². The van der Waals surface area contributed by atoms with Crippen molar-refractivity contribution < 1.29 is 9.90 Å². The van der Waals surface area contributed by atoms with Crippen molar-refractivity contribution in [1.29, 1.82) is 0 Å². The van der Waals surface area contributed by atoms with E-state index in [2.05, 4.69) is 0 Å². The monoisotopic (exact) mass is 172 g/mol. The summed E-state index contributed by atoms with van der Waals surface area (Å²) in [5, 5.41) is 9.41. The summed E-state index contributed by atoms with van der Waals surface area (Å²) in [4.78, 5) is 10.7. The largest absolute Gasteiger partial charge is 0.381 e. The average molecular weight is 172 g/mol. The van der Waals surface area contributed by atoms with E-state index in [-0.39, 0.29) is 0 Å². The third-order valence-corrected chi connectivity index (χ3v) is 2.60.